The van der Waals surface area contributed by atoms with E-state index in [9.17, 15) is 0 Å². The highest BCUT2D eigenvalue weighted by Crippen LogP contribution is 2.12. The second kappa shape index (κ2) is 8.32. The Balaban J connectivity index is 0.000000561. The van der Waals surface area contributed by atoms with Gasteiger partial charge in [-0.25, -0.2) is 0 Å². The Labute approximate surface area is 76.7 Å². The average Bonchev–Trinajstić information content (AvgIpc) is 2.19. The third kappa shape index (κ3) is 4.95. The molecule has 0 heteroatoms. The molecule has 0 heterocycles. The summed E-state index contributed by atoms with van der Waals surface area (Å²) in [4.78, 5) is 0. The molecule has 1 rings (SSSR count). The van der Waals surface area contributed by atoms with Crippen LogP contribution in [-0.4, -0.2) is 0 Å². The molecule has 0 nitrogen and oxygen atoms in total. The highest BCUT2D eigenvalue weighted by atomic mass is 14.0. The molecule has 0 bridgehead atoms. The minimum Gasteiger partial charge on any atom is -0.0845 e. The Bertz CT molecular complexity index is 170. The topological polar surface area (TPSA) is 0 Å². The third-order valence-corrected chi connectivity index (χ3v) is 1.61. The van der Waals surface area contributed by atoms with Crippen LogP contribution in [0.3, 0.4) is 0 Å². The van der Waals surface area contributed by atoms with Crippen molar-refractivity contribution in [2.45, 2.75) is 40.0 Å². The molecule has 0 atom stereocenters. The largest absolute Gasteiger partial charge is 0.0845 e. The number of hydrogen-bond acceptors (Lipinski definition) is 0. The van der Waals surface area contributed by atoms with E-state index in [1.54, 1.807) is 0 Å². The molecule has 0 spiro atoms. The molecule has 1 aliphatic carbocycles. The van der Waals surface area contributed by atoms with E-state index in [4.69, 9.17) is 0 Å². The second-order valence-electron chi connectivity index (χ2n) is 2.52. The molecule has 0 aromatic heterocycles. The predicted molar refractivity (Wildman–Crippen MR) is 57.2 cm³/mol. The molecule has 12 heavy (non-hydrogen) atoms. The van der Waals surface area contributed by atoms with Crippen molar-refractivity contribution in [2.75, 3.05) is 0 Å². The fraction of sp³-hybridized carbons (Fsp3) is 0.500. The van der Waals surface area contributed by atoms with Crippen LogP contribution in [0.2, 0.25) is 0 Å². The van der Waals surface area contributed by atoms with E-state index in [0.717, 1.165) is 6.42 Å². The summed E-state index contributed by atoms with van der Waals surface area (Å²) in [5, 5.41) is 0. The smallest absolute Gasteiger partial charge is 0.0244 e. The number of hydrogen-bond donors (Lipinski definition) is 0. The second-order valence-corrected chi connectivity index (χ2v) is 2.52. The Morgan fingerprint density at radius 2 is 2.17 bits per heavy atom. The van der Waals surface area contributed by atoms with Crippen LogP contribution in [0.1, 0.15) is 40.0 Å². The van der Waals surface area contributed by atoms with Gasteiger partial charge in [-0.3, -0.25) is 0 Å². The van der Waals surface area contributed by atoms with Crippen molar-refractivity contribution in [1.82, 2.24) is 0 Å². The van der Waals surface area contributed by atoms with Gasteiger partial charge in [0.25, 0.3) is 0 Å². The highest BCUT2D eigenvalue weighted by molar-refractivity contribution is 5.26. The lowest BCUT2D eigenvalue weighted by Gasteiger charge is -2.01. The summed E-state index contributed by atoms with van der Waals surface area (Å²) < 4.78 is 0. The van der Waals surface area contributed by atoms with Crippen molar-refractivity contribution in [3.8, 4) is 0 Å². The lowest BCUT2D eigenvalue weighted by molar-refractivity contribution is 0.987. The van der Waals surface area contributed by atoms with E-state index in [1.807, 2.05) is 13.8 Å². The molecule has 0 saturated carbocycles. The van der Waals surface area contributed by atoms with Gasteiger partial charge in [-0.05, 0) is 24.8 Å². The maximum Gasteiger partial charge on any atom is -0.0244 e. The zero-order valence-corrected chi connectivity index (χ0v) is 8.51. The first-order chi connectivity index (χ1) is 5.93. The molecule has 0 aromatic carbocycles. The Morgan fingerprint density at radius 3 is 2.67 bits per heavy atom. The summed E-state index contributed by atoms with van der Waals surface area (Å²) in [5.41, 5.74) is 1.46. The molecule has 0 unspecified atom stereocenters. The lowest BCUT2D eigenvalue weighted by Crippen LogP contribution is -1.81. The van der Waals surface area contributed by atoms with E-state index in [2.05, 4.69) is 37.3 Å². The number of allylic oxidation sites excluding steroid dienone is 6. The van der Waals surface area contributed by atoms with Crippen LogP contribution < -0.4 is 0 Å². The number of rotatable bonds is 2. The van der Waals surface area contributed by atoms with Gasteiger partial charge in [0.2, 0.25) is 0 Å². The Hall–Kier alpha value is -0.780. The van der Waals surface area contributed by atoms with Crippen LogP contribution in [-0.2, 0) is 0 Å². The lowest BCUT2D eigenvalue weighted by atomic mass is 10.0. The van der Waals surface area contributed by atoms with Crippen LogP contribution in [0.4, 0.5) is 0 Å². The fourth-order valence-corrected chi connectivity index (χ4v) is 1.03. The fourth-order valence-electron chi connectivity index (χ4n) is 1.03. The van der Waals surface area contributed by atoms with Crippen molar-refractivity contribution in [1.29, 1.82) is 0 Å². The molecule has 0 fully saturated rings. The van der Waals surface area contributed by atoms with E-state index in [-0.39, 0.29) is 0 Å². The SMILES string of the molecule is CC.CC/C=C/C1=CC=CCC1. The summed E-state index contributed by atoms with van der Waals surface area (Å²) >= 11 is 0. The van der Waals surface area contributed by atoms with Gasteiger partial charge >= 0.3 is 0 Å². The molecule has 68 valence electrons. The quantitative estimate of drug-likeness (QED) is 0.572. The zero-order valence-electron chi connectivity index (χ0n) is 8.51. The monoisotopic (exact) mass is 164 g/mol. The first-order valence-electron chi connectivity index (χ1n) is 4.95. The van der Waals surface area contributed by atoms with Gasteiger partial charge < -0.3 is 0 Å². The molecule has 1 aliphatic rings. The van der Waals surface area contributed by atoms with Gasteiger partial charge in [0.1, 0.15) is 0 Å². The predicted octanol–water partition coefficient (Wildman–Crippen LogP) is 4.26. The van der Waals surface area contributed by atoms with E-state index < -0.39 is 0 Å². The Kier molecular flexibility index (Phi) is 7.78. The molecular weight excluding hydrogens is 144 g/mol. The van der Waals surface area contributed by atoms with Crippen LogP contribution in [0.25, 0.3) is 0 Å². The van der Waals surface area contributed by atoms with Crippen molar-refractivity contribution in [2.24, 2.45) is 0 Å². The maximum atomic E-state index is 2.23. The molecule has 0 N–H and O–H groups in total. The van der Waals surface area contributed by atoms with Gasteiger partial charge in [0, 0.05) is 0 Å². The van der Waals surface area contributed by atoms with Crippen LogP contribution in [0.5, 0.6) is 0 Å². The summed E-state index contributed by atoms with van der Waals surface area (Å²) in [5.74, 6) is 0. The van der Waals surface area contributed by atoms with E-state index >= 15 is 0 Å². The molecular formula is C12H20. The van der Waals surface area contributed by atoms with Crippen molar-refractivity contribution in [3.05, 3.63) is 36.0 Å². The van der Waals surface area contributed by atoms with Crippen molar-refractivity contribution < 1.29 is 0 Å². The van der Waals surface area contributed by atoms with Gasteiger partial charge in [0.05, 0.1) is 0 Å². The first kappa shape index (κ1) is 11.2. The summed E-state index contributed by atoms with van der Waals surface area (Å²) in [6.45, 7) is 6.16. The van der Waals surface area contributed by atoms with Gasteiger partial charge in [-0.15, -0.1) is 0 Å². The van der Waals surface area contributed by atoms with Crippen LogP contribution in [0, 0.1) is 0 Å². The molecule has 0 amide bonds. The summed E-state index contributed by atoms with van der Waals surface area (Å²) in [6, 6.07) is 0. The molecule has 0 aliphatic heterocycles. The van der Waals surface area contributed by atoms with Crippen molar-refractivity contribution >= 4 is 0 Å². The molecule has 0 radical (unpaired) electrons. The third-order valence-electron chi connectivity index (χ3n) is 1.61. The van der Waals surface area contributed by atoms with Crippen LogP contribution >= 0.6 is 0 Å². The summed E-state index contributed by atoms with van der Waals surface area (Å²) in [7, 11) is 0. The van der Waals surface area contributed by atoms with Crippen LogP contribution in [0.15, 0.2) is 36.0 Å². The van der Waals surface area contributed by atoms with E-state index in [1.165, 1.54) is 18.4 Å². The molecule has 0 aromatic rings. The average molecular weight is 164 g/mol. The minimum absolute atomic E-state index is 1.14. The zero-order chi connectivity index (χ0) is 9.23. The Morgan fingerprint density at radius 1 is 1.42 bits per heavy atom. The normalized spacial score (nSPS) is 15.4. The highest BCUT2D eigenvalue weighted by Gasteiger charge is 1.92. The summed E-state index contributed by atoms with van der Waals surface area (Å²) in [6.07, 6.45) is 14.5. The molecule has 0 saturated heterocycles. The first-order valence-corrected chi connectivity index (χ1v) is 4.95. The standard InChI is InChI=1S/C10H14.C2H6/c1-2-3-7-10-8-5-4-6-9-10;1-2/h3-5,7-8H,2,6,9H2,1H3;1-2H3/b7-3+;. The maximum absolute atomic E-state index is 2.23. The minimum atomic E-state index is 1.14. The van der Waals surface area contributed by atoms with Gasteiger partial charge in [-0.2, -0.15) is 0 Å². The van der Waals surface area contributed by atoms with Gasteiger partial charge in [-0.1, -0.05) is 51.2 Å². The van der Waals surface area contributed by atoms with E-state index in [0.29, 0.717) is 0 Å². The van der Waals surface area contributed by atoms with Gasteiger partial charge in [0.15, 0.2) is 0 Å². The van der Waals surface area contributed by atoms with Crippen molar-refractivity contribution in [3.63, 3.8) is 0 Å².